The summed E-state index contributed by atoms with van der Waals surface area (Å²) in [6, 6.07) is 10.9. The zero-order valence-electron chi connectivity index (χ0n) is 12.6. The van der Waals surface area contributed by atoms with Crippen LogP contribution in [-0.2, 0) is 10.0 Å². The minimum Gasteiger partial charge on any atom is -0.294 e. The third kappa shape index (κ3) is 4.22. The number of nitrogens with one attached hydrogen (secondary N) is 1. The molecule has 0 spiro atoms. The molecule has 0 saturated carbocycles. The van der Waals surface area contributed by atoms with Crippen molar-refractivity contribution >= 4 is 37.3 Å². The fourth-order valence-electron chi connectivity index (χ4n) is 2.83. The van der Waals surface area contributed by atoms with Crippen LogP contribution >= 0.6 is 27.3 Å². The van der Waals surface area contributed by atoms with Crippen LogP contribution in [0.4, 0.5) is 0 Å². The lowest BCUT2D eigenvalue weighted by molar-refractivity contribution is 0.250. The second kappa shape index (κ2) is 7.44. The van der Waals surface area contributed by atoms with Gasteiger partial charge in [-0.1, -0.05) is 22.0 Å². The predicted molar refractivity (Wildman–Crippen MR) is 97.2 cm³/mol. The summed E-state index contributed by atoms with van der Waals surface area (Å²) in [5.41, 5.74) is 0. The molecule has 1 aliphatic rings. The van der Waals surface area contributed by atoms with E-state index in [1.54, 1.807) is 35.6 Å². The quantitative estimate of drug-likeness (QED) is 0.784. The third-order valence-electron chi connectivity index (χ3n) is 4.04. The normalized spacial score (nSPS) is 17.4. The Bertz CT molecular complexity index is 724. The van der Waals surface area contributed by atoms with Gasteiger partial charge in [0, 0.05) is 15.9 Å². The largest absolute Gasteiger partial charge is 0.294 e. The van der Waals surface area contributed by atoms with E-state index in [0.29, 0.717) is 11.4 Å². The molecule has 2 aromatic rings. The number of hydrogen-bond donors (Lipinski definition) is 1. The lowest BCUT2D eigenvalue weighted by Gasteiger charge is -2.26. The fourth-order valence-corrected chi connectivity index (χ4v) is 4.99. The smallest absolute Gasteiger partial charge is 0.240 e. The topological polar surface area (TPSA) is 49.4 Å². The molecule has 1 N–H and O–H groups in total. The van der Waals surface area contributed by atoms with Crippen LogP contribution in [-0.4, -0.2) is 33.0 Å². The van der Waals surface area contributed by atoms with Crippen LogP contribution in [0.25, 0.3) is 0 Å². The highest BCUT2D eigenvalue weighted by Gasteiger charge is 2.26. The van der Waals surface area contributed by atoms with Crippen molar-refractivity contribution in [3.63, 3.8) is 0 Å². The van der Waals surface area contributed by atoms with E-state index in [9.17, 15) is 8.42 Å². The van der Waals surface area contributed by atoms with Crippen molar-refractivity contribution in [3.05, 3.63) is 51.1 Å². The Labute approximate surface area is 149 Å². The molecule has 1 atom stereocenters. The Morgan fingerprint density at radius 3 is 2.48 bits per heavy atom. The molecule has 1 aromatic heterocycles. The summed E-state index contributed by atoms with van der Waals surface area (Å²) < 4.78 is 28.6. The maximum atomic E-state index is 12.5. The maximum Gasteiger partial charge on any atom is 0.240 e. The fraction of sp³-hybridized carbons (Fsp3) is 0.375. The first-order valence-corrected chi connectivity index (χ1v) is 10.7. The van der Waals surface area contributed by atoms with Gasteiger partial charge in [0.05, 0.1) is 10.9 Å². The summed E-state index contributed by atoms with van der Waals surface area (Å²) in [4.78, 5) is 3.88. The van der Waals surface area contributed by atoms with Gasteiger partial charge in [-0.3, -0.25) is 4.90 Å². The van der Waals surface area contributed by atoms with E-state index in [4.69, 9.17) is 0 Å². The molecule has 0 radical (unpaired) electrons. The molecule has 0 bridgehead atoms. The van der Waals surface area contributed by atoms with Crippen molar-refractivity contribution in [2.75, 3.05) is 19.6 Å². The summed E-state index contributed by atoms with van der Waals surface area (Å²) >= 11 is 5.01. The number of benzene rings is 1. The van der Waals surface area contributed by atoms with E-state index in [1.165, 1.54) is 17.7 Å². The van der Waals surface area contributed by atoms with Crippen molar-refractivity contribution in [2.24, 2.45) is 0 Å². The summed E-state index contributed by atoms with van der Waals surface area (Å²) in [6.07, 6.45) is 2.36. The van der Waals surface area contributed by atoms with Crippen molar-refractivity contribution in [3.8, 4) is 0 Å². The van der Waals surface area contributed by atoms with Gasteiger partial charge in [-0.05, 0) is 61.6 Å². The Kier molecular flexibility index (Phi) is 5.53. The number of sulfonamides is 1. The zero-order valence-corrected chi connectivity index (χ0v) is 15.8. The molecular formula is C16H19BrN2O2S2. The first-order valence-electron chi connectivity index (χ1n) is 7.59. The van der Waals surface area contributed by atoms with Crippen molar-refractivity contribution in [1.29, 1.82) is 0 Å². The zero-order chi connectivity index (χ0) is 16.3. The number of rotatable bonds is 6. The molecule has 23 heavy (non-hydrogen) atoms. The summed E-state index contributed by atoms with van der Waals surface area (Å²) in [7, 11) is -3.49. The number of nitrogens with zero attached hydrogens (tertiary/aromatic N) is 1. The van der Waals surface area contributed by atoms with Gasteiger partial charge in [0.2, 0.25) is 10.0 Å². The van der Waals surface area contributed by atoms with Crippen LogP contribution in [0.3, 0.4) is 0 Å². The standard InChI is InChI=1S/C16H19BrN2O2S2/c17-13-5-7-14(8-6-13)23(20,21)18-12-15(16-4-3-11-22-16)19-9-1-2-10-19/h3-8,11,15,18H,1-2,9-10,12H2. The molecule has 1 saturated heterocycles. The van der Waals surface area contributed by atoms with E-state index >= 15 is 0 Å². The van der Waals surface area contributed by atoms with Gasteiger partial charge in [0.1, 0.15) is 0 Å². The first-order chi connectivity index (χ1) is 11.1. The van der Waals surface area contributed by atoms with E-state index < -0.39 is 10.0 Å². The van der Waals surface area contributed by atoms with Crippen LogP contribution in [0.2, 0.25) is 0 Å². The second-order valence-electron chi connectivity index (χ2n) is 5.58. The number of thiophene rings is 1. The van der Waals surface area contributed by atoms with Crippen LogP contribution < -0.4 is 4.72 Å². The average molecular weight is 415 g/mol. The van der Waals surface area contributed by atoms with Crippen LogP contribution in [0.5, 0.6) is 0 Å². The third-order valence-corrected chi connectivity index (χ3v) is 6.99. The highest BCUT2D eigenvalue weighted by Crippen LogP contribution is 2.28. The molecule has 1 aliphatic heterocycles. The molecular weight excluding hydrogens is 396 g/mol. The van der Waals surface area contributed by atoms with Gasteiger partial charge in [0.25, 0.3) is 0 Å². The monoisotopic (exact) mass is 414 g/mol. The Morgan fingerprint density at radius 2 is 1.87 bits per heavy atom. The minimum atomic E-state index is -3.49. The lowest BCUT2D eigenvalue weighted by Crippen LogP contribution is -2.36. The van der Waals surface area contributed by atoms with Gasteiger partial charge >= 0.3 is 0 Å². The molecule has 1 fully saturated rings. The van der Waals surface area contributed by atoms with E-state index in [2.05, 4.69) is 31.6 Å². The van der Waals surface area contributed by atoms with Crippen molar-refractivity contribution < 1.29 is 8.42 Å². The molecule has 3 rings (SSSR count). The first kappa shape index (κ1) is 17.1. The number of hydrogen-bond acceptors (Lipinski definition) is 4. The predicted octanol–water partition coefficient (Wildman–Crippen LogP) is 3.63. The van der Waals surface area contributed by atoms with Gasteiger partial charge in [-0.2, -0.15) is 0 Å². The van der Waals surface area contributed by atoms with Gasteiger partial charge in [0.15, 0.2) is 0 Å². The van der Waals surface area contributed by atoms with Gasteiger partial charge < -0.3 is 0 Å². The number of likely N-dealkylation sites (tertiary alicyclic amines) is 1. The average Bonchev–Trinajstić information content (AvgIpc) is 3.21. The second-order valence-corrected chi connectivity index (χ2v) is 9.24. The molecule has 7 heteroatoms. The van der Waals surface area contributed by atoms with Gasteiger partial charge in [-0.25, -0.2) is 13.1 Å². The van der Waals surface area contributed by atoms with Crippen molar-refractivity contribution in [1.82, 2.24) is 9.62 Å². The van der Waals surface area contributed by atoms with Crippen LogP contribution in [0.15, 0.2) is 51.1 Å². The van der Waals surface area contributed by atoms with Crippen molar-refractivity contribution in [2.45, 2.75) is 23.8 Å². The lowest BCUT2D eigenvalue weighted by atomic mass is 10.2. The highest BCUT2D eigenvalue weighted by molar-refractivity contribution is 9.10. The van der Waals surface area contributed by atoms with E-state index in [-0.39, 0.29) is 6.04 Å². The number of halogens is 1. The summed E-state index contributed by atoms with van der Waals surface area (Å²) in [6.45, 7) is 2.46. The molecule has 4 nitrogen and oxygen atoms in total. The molecule has 1 unspecified atom stereocenters. The Hall–Kier alpha value is -0.730. The highest BCUT2D eigenvalue weighted by atomic mass is 79.9. The molecule has 0 aliphatic carbocycles. The van der Waals surface area contributed by atoms with E-state index in [0.717, 1.165) is 17.6 Å². The van der Waals surface area contributed by atoms with Gasteiger partial charge in [-0.15, -0.1) is 11.3 Å². The summed E-state index contributed by atoms with van der Waals surface area (Å²) in [5, 5.41) is 2.04. The minimum absolute atomic E-state index is 0.114. The molecule has 1 aromatic carbocycles. The molecule has 2 heterocycles. The van der Waals surface area contributed by atoms with Crippen LogP contribution in [0, 0.1) is 0 Å². The molecule has 124 valence electrons. The Morgan fingerprint density at radius 1 is 1.17 bits per heavy atom. The van der Waals surface area contributed by atoms with E-state index in [1.807, 2.05) is 11.4 Å². The SMILES string of the molecule is O=S(=O)(NCC(c1cccs1)N1CCCC1)c1ccc(Br)cc1. The Balaban J connectivity index is 1.74. The maximum absolute atomic E-state index is 12.5. The van der Waals surface area contributed by atoms with Crippen LogP contribution in [0.1, 0.15) is 23.8 Å². The summed E-state index contributed by atoms with van der Waals surface area (Å²) in [5.74, 6) is 0. The molecule has 0 amide bonds.